The quantitative estimate of drug-likeness (QED) is 0.488. The van der Waals surface area contributed by atoms with Gasteiger partial charge in [-0.1, -0.05) is 6.58 Å². The first-order chi connectivity index (χ1) is 4.38. The predicted molar refractivity (Wildman–Crippen MR) is 32.7 cm³/mol. The minimum absolute atomic E-state index is 0.387. The predicted octanol–water partition coefficient (Wildman–Crippen LogP) is -0.0129. The topological polar surface area (TPSA) is 29.5 Å². The van der Waals surface area contributed by atoms with Crippen molar-refractivity contribution in [3.63, 3.8) is 0 Å². The van der Waals surface area contributed by atoms with Crippen molar-refractivity contribution in [2.24, 2.45) is 0 Å². The van der Waals surface area contributed by atoms with E-state index in [-0.39, 0.29) is 6.23 Å². The zero-order valence-electron chi connectivity index (χ0n) is 5.12. The fraction of sp³-hybridized carbons (Fsp3) is 0.500. The maximum atomic E-state index is 10.2. The van der Waals surface area contributed by atoms with Gasteiger partial charge in [0.15, 0.2) is 12.5 Å². The van der Waals surface area contributed by atoms with E-state index in [9.17, 15) is 4.79 Å². The Morgan fingerprint density at radius 1 is 1.78 bits per heavy atom. The Balaban J connectivity index is 2.50. The van der Waals surface area contributed by atoms with Crippen molar-refractivity contribution in [3.05, 3.63) is 12.8 Å². The second kappa shape index (κ2) is 2.64. The number of ether oxygens (including phenoxy) is 1. The van der Waals surface area contributed by atoms with Crippen LogP contribution in [0.3, 0.4) is 0 Å². The molecule has 0 radical (unpaired) electrons. The largest absolute Gasteiger partial charge is 0.349 e. The van der Waals surface area contributed by atoms with E-state index in [1.165, 1.54) is 0 Å². The van der Waals surface area contributed by atoms with Gasteiger partial charge in [0.25, 0.3) is 0 Å². The van der Waals surface area contributed by atoms with Gasteiger partial charge in [-0.2, -0.15) is 0 Å². The summed E-state index contributed by atoms with van der Waals surface area (Å²) < 4.78 is 4.99. The van der Waals surface area contributed by atoms with E-state index in [0.29, 0.717) is 6.61 Å². The number of carbonyl (C=O) groups excluding carboxylic acids is 1. The van der Waals surface area contributed by atoms with Gasteiger partial charge in [0, 0.05) is 6.54 Å². The summed E-state index contributed by atoms with van der Waals surface area (Å²) in [5.41, 5.74) is 0. The van der Waals surface area contributed by atoms with Crippen LogP contribution in [0.5, 0.6) is 0 Å². The van der Waals surface area contributed by atoms with E-state index < -0.39 is 0 Å². The molecule has 0 saturated carbocycles. The summed E-state index contributed by atoms with van der Waals surface area (Å²) in [6.07, 6.45) is 2.00. The Hall–Kier alpha value is -0.830. The van der Waals surface area contributed by atoms with Crippen LogP contribution in [0.15, 0.2) is 12.8 Å². The van der Waals surface area contributed by atoms with Crippen molar-refractivity contribution < 1.29 is 9.53 Å². The summed E-state index contributed by atoms with van der Waals surface area (Å²) in [7, 11) is 0. The van der Waals surface area contributed by atoms with Crippen molar-refractivity contribution in [1.82, 2.24) is 4.90 Å². The van der Waals surface area contributed by atoms with Crippen LogP contribution in [-0.4, -0.2) is 30.6 Å². The van der Waals surface area contributed by atoms with Crippen LogP contribution in [0.2, 0.25) is 0 Å². The molecule has 3 nitrogen and oxygen atoms in total. The standard InChI is InChI=1S/C6H9NO2/c1-2-7-3-4-9-6(7)5-8/h2,5-6H,1,3-4H2. The third-order valence-corrected chi connectivity index (χ3v) is 1.32. The van der Waals surface area contributed by atoms with E-state index >= 15 is 0 Å². The molecule has 0 bridgehead atoms. The third kappa shape index (κ3) is 1.10. The highest BCUT2D eigenvalue weighted by atomic mass is 16.5. The molecule has 1 fully saturated rings. The van der Waals surface area contributed by atoms with Gasteiger partial charge in [0.05, 0.1) is 6.61 Å². The first kappa shape index (κ1) is 6.29. The van der Waals surface area contributed by atoms with Gasteiger partial charge in [0.2, 0.25) is 0 Å². The van der Waals surface area contributed by atoms with Gasteiger partial charge in [-0.25, -0.2) is 0 Å². The molecular weight excluding hydrogens is 118 g/mol. The smallest absolute Gasteiger partial charge is 0.186 e. The molecule has 1 atom stereocenters. The molecule has 0 amide bonds. The highest BCUT2D eigenvalue weighted by Crippen LogP contribution is 2.06. The van der Waals surface area contributed by atoms with E-state index in [1.54, 1.807) is 11.1 Å². The van der Waals surface area contributed by atoms with Crippen LogP contribution in [0.1, 0.15) is 0 Å². The average Bonchev–Trinajstić information content (AvgIpc) is 2.33. The molecule has 0 aliphatic carbocycles. The maximum Gasteiger partial charge on any atom is 0.186 e. The molecule has 50 valence electrons. The summed E-state index contributed by atoms with van der Waals surface area (Å²) in [6.45, 7) is 4.92. The molecular formula is C6H9NO2. The number of aldehydes is 1. The van der Waals surface area contributed by atoms with Crippen LogP contribution >= 0.6 is 0 Å². The number of nitrogens with zero attached hydrogens (tertiary/aromatic N) is 1. The zero-order chi connectivity index (χ0) is 6.69. The molecule has 9 heavy (non-hydrogen) atoms. The highest BCUT2D eigenvalue weighted by Gasteiger charge is 2.20. The second-order valence-electron chi connectivity index (χ2n) is 1.82. The fourth-order valence-corrected chi connectivity index (χ4v) is 0.814. The lowest BCUT2D eigenvalue weighted by Gasteiger charge is -2.13. The Kier molecular flexibility index (Phi) is 1.85. The monoisotopic (exact) mass is 127 g/mol. The molecule has 0 N–H and O–H groups in total. The molecule has 0 aromatic heterocycles. The third-order valence-electron chi connectivity index (χ3n) is 1.32. The molecule has 1 aliphatic rings. The first-order valence-corrected chi connectivity index (χ1v) is 2.83. The van der Waals surface area contributed by atoms with Crippen LogP contribution in [0.25, 0.3) is 0 Å². The van der Waals surface area contributed by atoms with Crippen molar-refractivity contribution >= 4 is 6.29 Å². The summed E-state index contributed by atoms with van der Waals surface area (Å²) in [5, 5.41) is 0. The molecule has 0 aromatic carbocycles. The molecule has 0 spiro atoms. The maximum absolute atomic E-state index is 10.2. The van der Waals surface area contributed by atoms with Gasteiger partial charge in [0.1, 0.15) is 0 Å². The van der Waals surface area contributed by atoms with Gasteiger partial charge in [-0.05, 0) is 6.20 Å². The molecule has 1 aliphatic heterocycles. The lowest BCUT2D eigenvalue weighted by atomic mass is 10.5. The van der Waals surface area contributed by atoms with Crippen LogP contribution < -0.4 is 0 Å². The summed E-state index contributed by atoms with van der Waals surface area (Å²) in [4.78, 5) is 11.9. The molecule has 1 unspecified atom stereocenters. The van der Waals surface area contributed by atoms with E-state index in [0.717, 1.165) is 12.8 Å². The Labute approximate surface area is 53.9 Å². The molecule has 3 heteroatoms. The summed E-state index contributed by atoms with van der Waals surface area (Å²) >= 11 is 0. The van der Waals surface area contributed by atoms with Gasteiger partial charge in [-0.3, -0.25) is 4.79 Å². The Morgan fingerprint density at radius 2 is 2.56 bits per heavy atom. The van der Waals surface area contributed by atoms with E-state index in [4.69, 9.17) is 4.74 Å². The second-order valence-corrected chi connectivity index (χ2v) is 1.82. The fourth-order valence-electron chi connectivity index (χ4n) is 0.814. The van der Waals surface area contributed by atoms with Crippen LogP contribution in [0, 0.1) is 0 Å². The molecule has 1 rings (SSSR count). The normalized spacial score (nSPS) is 26.2. The highest BCUT2D eigenvalue weighted by molar-refractivity contribution is 5.56. The number of carbonyl (C=O) groups is 1. The van der Waals surface area contributed by atoms with Gasteiger partial charge >= 0.3 is 0 Å². The minimum Gasteiger partial charge on any atom is -0.349 e. The molecule has 0 aromatic rings. The average molecular weight is 127 g/mol. The van der Waals surface area contributed by atoms with Gasteiger partial charge in [-0.15, -0.1) is 0 Å². The lowest BCUT2D eigenvalue weighted by Crippen LogP contribution is -2.25. The number of hydrogen-bond acceptors (Lipinski definition) is 3. The van der Waals surface area contributed by atoms with Gasteiger partial charge < -0.3 is 9.64 Å². The minimum atomic E-state index is -0.387. The van der Waals surface area contributed by atoms with Crippen molar-refractivity contribution in [2.75, 3.05) is 13.2 Å². The molecule has 1 saturated heterocycles. The number of hydrogen-bond donors (Lipinski definition) is 0. The number of rotatable bonds is 2. The van der Waals surface area contributed by atoms with Crippen molar-refractivity contribution in [2.45, 2.75) is 6.23 Å². The van der Waals surface area contributed by atoms with E-state index in [2.05, 4.69) is 6.58 Å². The van der Waals surface area contributed by atoms with Crippen molar-refractivity contribution in [1.29, 1.82) is 0 Å². The summed E-state index contributed by atoms with van der Waals surface area (Å²) in [5.74, 6) is 0. The molecule has 1 heterocycles. The lowest BCUT2D eigenvalue weighted by molar-refractivity contribution is -0.119. The SMILES string of the molecule is C=CN1CCOC1C=O. The van der Waals surface area contributed by atoms with E-state index in [1.807, 2.05) is 0 Å². The Bertz CT molecular complexity index is 110. The van der Waals surface area contributed by atoms with Crippen molar-refractivity contribution in [3.8, 4) is 0 Å². The van der Waals surface area contributed by atoms with Crippen LogP contribution in [0.4, 0.5) is 0 Å². The first-order valence-electron chi connectivity index (χ1n) is 2.83. The zero-order valence-corrected chi connectivity index (χ0v) is 5.12. The van der Waals surface area contributed by atoms with Crippen LogP contribution in [-0.2, 0) is 9.53 Å². The summed E-state index contributed by atoms with van der Waals surface area (Å²) in [6, 6.07) is 0. The Morgan fingerprint density at radius 3 is 3.00 bits per heavy atom.